The van der Waals surface area contributed by atoms with Crippen LogP contribution in [0.1, 0.15) is 5.56 Å². The van der Waals surface area contributed by atoms with Gasteiger partial charge in [-0.1, -0.05) is 53.5 Å². The fraction of sp³-hybridized carbons (Fsp3) is 0.0588. The molecule has 0 saturated carbocycles. The zero-order chi connectivity index (χ0) is 19.6. The van der Waals surface area contributed by atoms with Crippen molar-refractivity contribution in [3.8, 4) is 0 Å². The van der Waals surface area contributed by atoms with Gasteiger partial charge in [0.2, 0.25) is 5.54 Å². The summed E-state index contributed by atoms with van der Waals surface area (Å²) < 4.78 is 0. The molecule has 1 saturated heterocycles. The molecule has 27 heavy (non-hydrogen) atoms. The summed E-state index contributed by atoms with van der Waals surface area (Å²) in [5.41, 5.74) is -1.66. The molecule has 0 bridgehead atoms. The van der Waals surface area contributed by atoms with Crippen LogP contribution in [0.2, 0.25) is 10.0 Å². The van der Waals surface area contributed by atoms with Gasteiger partial charge in [0.25, 0.3) is 11.8 Å². The second-order valence-electron chi connectivity index (χ2n) is 5.56. The zero-order valence-corrected chi connectivity index (χ0v) is 15.0. The minimum Gasteiger partial charge on any atom is -0.312 e. The van der Waals surface area contributed by atoms with Crippen molar-refractivity contribution in [1.29, 1.82) is 0 Å². The van der Waals surface area contributed by atoms with E-state index in [9.17, 15) is 19.2 Å². The second kappa shape index (κ2) is 7.26. The van der Waals surface area contributed by atoms with Gasteiger partial charge in [-0.25, -0.2) is 9.59 Å². The Morgan fingerprint density at radius 3 is 2.11 bits per heavy atom. The average molecular weight is 407 g/mol. The van der Waals surface area contributed by atoms with E-state index in [-0.39, 0.29) is 16.3 Å². The minimum absolute atomic E-state index is 0.178. The van der Waals surface area contributed by atoms with E-state index < -0.39 is 29.4 Å². The van der Waals surface area contributed by atoms with Crippen molar-refractivity contribution >= 4 is 52.8 Å². The van der Waals surface area contributed by atoms with Gasteiger partial charge >= 0.3 is 12.1 Å². The number of barbiturate groups is 1. The summed E-state index contributed by atoms with van der Waals surface area (Å²) in [5, 5.41) is 9.32. The maximum absolute atomic E-state index is 12.6. The Morgan fingerprint density at radius 1 is 0.889 bits per heavy atom. The van der Waals surface area contributed by atoms with E-state index in [2.05, 4.69) is 10.6 Å². The van der Waals surface area contributed by atoms with Gasteiger partial charge in [0.1, 0.15) is 0 Å². The van der Waals surface area contributed by atoms with Crippen LogP contribution < -0.4 is 21.3 Å². The number of hydrogen-bond donors (Lipinski definition) is 4. The number of halogens is 2. The van der Waals surface area contributed by atoms with Gasteiger partial charge in [-0.15, -0.1) is 0 Å². The highest BCUT2D eigenvalue weighted by Crippen LogP contribution is 2.27. The first-order chi connectivity index (χ1) is 12.8. The van der Waals surface area contributed by atoms with Crippen molar-refractivity contribution < 1.29 is 19.2 Å². The molecule has 0 atom stereocenters. The number of nitrogens with one attached hydrogen (secondary N) is 4. The molecule has 8 nitrogen and oxygen atoms in total. The van der Waals surface area contributed by atoms with Crippen molar-refractivity contribution in [3.63, 3.8) is 0 Å². The van der Waals surface area contributed by atoms with Crippen LogP contribution in [0.3, 0.4) is 0 Å². The number of benzene rings is 2. The van der Waals surface area contributed by atoms with Crippen LogP contribution in [0.15, 0.2) is 48.5 Å². The molecule has 1 fully saturated rings. The van der Waals surface area contributed by atoms with E-state index in [1.165, 1.54) is 30.3 Å². The first-order valence-corrected chi connectivity index (χ1v) is 8.35. The quantitative estimate of drug-likeness (QED) is 0.585. The Labute approximate surface area is 163 Å². The Bertz CT molecular complexity index is 929. The maximum atomic E-state index is 12.6. The predicted octanol–water partition coefficient (Wildman–Crippen LogP) is 2.38. The number of carbonyl (C=O) groups is 4. The lowest BCUT2D eigenvalue weighted by Crippen LogP contribution is -2.71. The van der Waals surface area contributed by atoms with Gasteiger partial charge in [0, 0.05) is 5.69 Å². The van der Waals surface area contributed by atoms with Gasteiger partial charge in [0.05, 0.1) is 10.0 Å². The van der Waals surface area contributed by atoms with Gasteiger partial charge in [0.15, 0.2) is 0 Å². The third-order valence-corrected chi connectivity index (χ3v) is 4.56. The summed E-state index contributed by atoms with van der Waals surface area (Å²) in [6, 6.07) is 10.4. The Hall–Kier alpha value is -3.10. The molecule has 0 aromatic heterocycles. The predicted molar refractivity (Wildman–Crippen MR) is 98.4 cm³/mol. The van der Waals surface area contributed by atoms with E-state index in [0.29, 0.717) is 5.02 Å². The van der Waals surface area contributed by atoms with Gasteiger partial charge in [-0.3, -0.25) is 20.2 Å². The molecule has 3 rings (SSSR count). The summed E-state index contributed by atoms with van der Waals surface area (Å²) in [6.07, 6.45) is 0. The number of carbonyl (C=O) groups excluding carboxylic acids is 4. The molecular formula is C17H12Cl2N4O4. The van der Waals surface area contributed by atoms with Gasteiger partial charge in [-0.05, 0) is 23.8 Å². The Kier molecular flexibility index (Phi) is 5.02. The normalized spacial score (nSPS) is 15.6. The zero-order valence-electron chi connectivity index (χ0n) is 13.5. The number of urea groups is 2. The van der Waals surface area contributed by atoms with Crippen molar-refractivity contribution in [2.75, 3.05) is 5.32 Å². The van der Waals surface area contributed by atoms with Crippen LogP contribution >= 0.6 is 23.2 Å². The maximum Gasteiger partial charge on any atom is 0.328 e. The largest absolute Gasteiger partial charge is 0.328 e. The van der Waals surface area contributed by atoms with Crippen LogP contribution in [0, 0.1) is 0 Å². The van der Waals surface area contributed by atoms with Gasteiger partial charge in [-0.2, -0.15) is 0 Å². The summed E-state index contributed by atoms with van der Waals surface area (Å²) in [5.74, 6) is -1.96. The van der Waals surface area contributed by atoms with E-state index in [0.717, 1.165) is 0 Å². The first kappa shape index (κ1) is 18.7. The highest BCUT2D eigenvalue weighted by Gasteiger charge is 2.53. The highest BCUT2D eigenvalue weighted by molar-refractivity contribution is 6.42. The van der Waals surface area contributed by atoms with E-state index >= 15 is 0 Å². The molecule has 1 heterocycles. The molecule has 0 radical (unpaired) electrons. The molecule has 4 N–H and O–H groups in total. The van der Waals surface area contributed by atoms with E-state index in [1.54, 1.807) is 18.2 Å². The number of rotatable bonds is 3. The second-order valence-corrected chi connectivity index (χ2v) is 6.38. The molecule has 2 aromatic rings. The lowest BCUT2D eigenvalue weighted by atomic mass is 9.86. The first-order valence-electron chi connectivity index (χ1n) is 7.59. The van der Waals surface area contributed by atoms with E-state index in [4.69, 9.17) is 23.2 Å². The van der Waals surface area contributed by atoms with Crippen LogP contribution in [0.4, 0.5) is 15.3 Å². The summed E-state index contributed by atoms with van der Waals surface area (Å²) >= 11 is 11.7. The van der Waals surface area contributed by atoms with Crippen LogP contribution in [0.5, 0.6) is 0 Å². The molecule has 10 heteroatoms. The lowest BCUT2D eigenvalue weighted by Gasteiger charge is -2.34. The van der Waals surface area contributed by atoms with Crippen molar-refractivity contribution in [3.05, 3.63) is 64.1 Å². The average Bonchev–Trinajstić information content (AvgIpc) is 2.62. The van der Waals surface area contributed by atoms with Crippen LogP contribution in [0.25, 0.3) is 0 Å². The molecule has 2 aromatic carbocycles. The fourth-order valence-corrected chi connectivity index (χ4v) is 2.87. The molecule has 138 valence electrons. The monoisotopic (exact) mass is 406 g/mol. The third kappa shape index (κ3) is 3.57. The Morgan fingerprint density at radius 2 is 1.52 bits per heavy atom. The van der Waals surface area contributed by atoms with E-state index in [1.807, 2.05) is 10.6 Å². The summed E-state index contributed by atoms with van der Waals surface area (Å²) in [7, 11) is 0. The number of anilines is 1. The highest BCUT2D eigenvalue weighted by atomic mass is 35.5. The topological polar surface area (TPSA) is 116 Å². The smallest absolute Gasteiger partial charge is 0.312 e. The molecule has 0 aliphatic carbocycles. The van der Waals surface area contributed by atoms with Crippen molar-refractivity contribution in [2.24, 2.45) is 0 Å². The minimum atomic E-state index is -2.13. The third-order valence-electron chi connectivity index (χ3n) is 3.82. The molecular weight excluding hydrogens is 395 g/mol. The SMILES string of the molecule is O=C1NC(=O)C(NC(=O)Nc2ccc(Cl)c(Cl)c2)(c2ccccc2)C(=O)N1. The standard InChI is InChI=1S/C17H12Cl2N4O4/c18-11-7-6-10(8-12(11)19)20-16(27)23-17(9-4-2-1-3-5-9)13(24)21-15(26)22-14(17)25/h1-8H,(H2,20,23,27)(H2,21,22,24,25,26). The molecule has 6 amide bonds. The number of hydrogen-bond acceptors (Lipinski definition) is 4. The number of amides is 6. The summed E-state index contributed by atoms with van der Waals surface area (Å²) in [4.78, 5) is 49.0. The van der Waals surface area contributed by atoms with Crippen molar-refractivity contribution in [1.82, 2.24) is 16.0 Å². The Balaban J connectivity index is 1.93. The lowest BCUT2D eigenvalue weighted by molar-refractivity contribution is -0.139. The van der Waals surface area contributed by atoms with Crippen LogP contribution in [-0.4, -0.2) is 23.9 Å². The molecule has 0 unspecified atom stereocenters. The van der Waals surface area contributed by atoms with Crippen molar-refractivity contribution in [2.45, 2.75) is 5.54 Å². The molecule has 1 aliphatic heterocycles. The summed E-state index contributed by atoms with van der Waals surface area (Å²) in [6.45, 7) is 0. The molecule has 1 aliphatic rings. The van der Waals surface area contributed by atoms with Crippen LogP contribution in [-0.2, 0) is 15.1 Å². The van der Waals surface area contributed by atoms with Gasteiger partial charge < -0.3 is 10.6 Å². The fourth-order valence-electron chi connectivity index (χ4n) is 2.57. The number of imide groups is 2. The molecule has 0 spiro atoms.